The Hall–Kier alpha value is -0.120. The average Bonchev–Trinajstić information content (AvgIpc) is 1.88. The van der Waals surface area contributed by atoms with Crippen LogP contribution in [-0.2, 0) is 14.2 Å². The number of ether oxygens (including phenoxy) is 3. The summed E-state index contributed by atoms with van der Waals surface area (Å²) in [5.41, 5.74) is 0. The van der Waals surface area contributed by atoms with Crippen molar-refractivity contribution < 1.29 is 15.6 Å². The van der Waals surface area contributed by atoms with Crippen molar-refractivity contribution in [1.82, 2.24) is 0 Å². The van der Waals surface area contributed by atoms with E-state index in [9.17, 15) is 0 Å². The molecule has 0 saturated carbocycles. The summed E-state index contributed by atoms with van der Waals surface area (Å²) in [6, 6.07) is 0. The largest absolute Gasteiger partial charge is 0.330 e. The Kier molecular flexibility index (Phi) is 5.58. The van der Waals surface area contributed by atoms with E-state index >= 15 is 0 Å². The molecule has 0 atom stereocenters. The number of hydrogen-bond donors (Lipinski definition) is 0. The first-order valence-corrected chi connectivity index (χ1v) is 3.60. The molecule has 0 spiro atoms. The zero-order valence-corrected chi connectivity index (χ0v) is 6.85. The highest BCUT2D eigenvalue weighted by molar-refractivity contribution is 4.23. The van der Waals surface area contributed by atoms with E-state index in [-0.39, 0.29) is 0 Å². The van der Waals surface area contributed by atoms with Crippen molar-refractivity contribution in [2.75, 3.05) is 19.8 Å². The van der Waals surface area contributed by atoms with Crippen LogP contribution in [0, 0.1) is 0 Å². The minimum absolute atomic E-state index is 0.406. The maximum atomic E-state index is 7.45. The molecule has 0 radical (unpaired) electrons. The summed E-state index contributed by atoms with van der Waals surface area (Å²) in [6.07, 6.45) is 0. The molecule has 0 heterocycles. The molecule has 0 N–H and O–H groups in total. The molecule has 0 aliphatic heterocycles. The summed E-state index contributed by atoms with van der Waals surface area (Å²) < 4.78 is 22.3. The zero-order chi connectivity index (χ0) is 8.74. The van der Waals surface area contributed by atoms with E-state index in [1.54, 1.807) is 20.8 Å². The van der Waals surface area contributed by atoms with Crippen molar-refractivity contribution in [3.8, 4) is 0 Å². The highest BCUT2D eigenvalue weighted by Crippen LogP contribution is 1.95. The van der Waals surface area contributed by atoms with Gasteiger partial charge >= 0.3 is 0 Å². The van der Waals surface area contributed by atoms with Gasteiger partial charge in [-0.05, 0) is 20.8 Å². The average molecular weight is 149 g/mol. The van der Waals surface area contributed by atoms with Gasteiger partial charge in [-0.1, -0.05) is 0 Å². The fraction of sp³-hybridized carbons (Fsp3) is 1.00. The monoisotopic (exact) mass is 149 g/mol. The van der Waals surface area contributed by atoms with Crippen molar-refractivity contribution in [2.45, 2.75) is 27.2 Å². The Morgan fingerprint density at radius 1 is 1.00 bits per heavy atom. The maximum absolute atomic E-state index is 7.45. The standard InChI is InChI=1S/C7H16O3/c1-4-8-7(9-5-2)10-6-3/h7H,4-6H2,1-3H3/i7D. The van der Waals surface area contributed by atoms with Crippen molar-refractivity contribution in [3.05, 3.63) is 0 Å². The van der Waals surface area contributed by atoms with E-state index < -0.39 is 6.45 Å². The Bertz CT molecular complexity index is 80.7. The fourth-order valence-corrected chi connectivity index (χ4v) is 0.479. The second-order valence-electron chi connectivity index (χ2n) is 1.55. The lowest BCUT2D eigenvalue weighted by atomic mass is 10.8. The Morgan fingerprint density at radius 2 is 1.30 bits per heavy atom. The van der Waals surface area contributed by atoms with Crippen LogP contribution in [0.3, 0.4) is 0 Å². The maximum Gasteiger partial charge on any atom is 0.271 e. The van der Waals surface area contributed by atoms with Gasteiger partial charge in [0.15, 0.2) is 0 Å². The zero-order valence-electron chi connectivity index (χ0n) is 7.85. The van der Waals surface area contributed by atoms with E-state index in [2.05, 4.69) is 0 Å². The number of rotatable bonds is 6. The molecule has 0 aliphatic carbocycles. The normalized spacial score (nSPS) is 13.3. The molecule has 0 aromatic carbocycles. The van der Waals surface area contributed by atoms with Crippen LogP contribution in [0.2, 0.25) is 0 Å². The van der Waals surface area contributed by atoms with E-state index in [0.29, 0.717) is 19.8 Å². The molecule has 10 heavy (non-hydrogen) atoms. The first-order chi connectivity index (χ1) is 5.18. The quantitative estimate of drug-likeness (QED) is 0.534. The van der Waals surface area contributed by atoms with Gasteiger partial charge in [0, 0.05) is 19.8 Å². The molecular formula is C7H16O3. The lowest BCUT2D eigenvalue weighted by molar-refractivity contribution is -0.282. The van der Waals surface area contributed by atoms with E-state index in [1.165, 1.54) is 0 Å². The van der Waals surface area contributed by atoms with Crippen LogP contribution in [0.4, 0.5) is 0 Å². The SMILES string of the molecule is [2H]C(OCC)(OCC)OCC. The minimum Gasteiger partial charge on any atom is -0.330 e. The van der Waals surface area contributed by atoms with E-state index in [0.717, 1.165) is 0 Å². The molecule has 0 saturated heterocycles. The Labute approximate surface area is 63.7 Å². The van der Waals surface area contributed by atoms with Crippen molar-refractivity contribution in [1.29, 1.82) is 0 Å². The lowest BCUT2D eigenvalue weighted by Crippen LogP contribution is -2.20. The highest BCUT2D eigenvalue weighted by atomic mass is 16.8. The van der Waals surface area contributed by atoms with Crippen molar-refractivity contribution >= 4 is 0 Å². The molecule has 3 nitrogen and oxygen atoms in total. The van der Waals surface area contributed by atoms with Crippen molar-refractivity contribution in [3.63, 3.8) is 0 Å². The molecular weight excluding hydrogens is 132 g/mol. The summed E-state index contributed by atoms with van der Waals surface area (Å²) in [6.45, 7) is 5.00. The Balaban J connectivity index is 3.79. The molecule has 3 heteroatoms. The first kappa shape index (κ1) is 7.98. The topological polar surface area (TPSA) is 27.7 Å². The first-order valence-electron chi connectivity index (χ1n) is 4.10. The third-order valence-electron chi connectivity index (χ3n) is 0.787. The van der Waals surface area contributed by atoms with Crippen LogP contribution in [0.5, 0.6) is 0 Å². The molecule has 0 fully saturated rings. The smallest absolute Gasteiger partial charge is 0.271 e. The van der Waals surface area contributed by atoms with Crippen LogP contribution in [0.1, 0.15) is 22.1 Å². The molecule has 0 aliphatic rings. The summed E-state index contributed by atoms with van der Waals surface area (Å²) in [7, 11) is 0. The predicted octanol–water partition coefficient (Wildman–Crippen LogP) is 1.38. The van der Waals surface area contributed by atoms with Gasteiger partial charge in [-0.3, -0.25) is 0 Å². The van der Waals surface area contributed by atoms with Gasteiger partial charge in [-0.2, -0.15) is 0 Å². The molecule has 0 unspecified atom stereocenters. The van der Waals surface area contributed by atoms with Gasteiger partial charge in [0.25, 0.3) is 6.45 Å². The van der Waals surface area contributed by atoms with E-state index in [4.69, 9.17) is 15.6 Å². The van der Waals surface area contributed by atoms with Gasteiger partial charge in [-0.15, -0.1) is 0 Å². The Morgan fingerprint density at radius 3 is 1.50 bits per heavy atom. The number of hydrogen-bond acceptors (Lipinski definition) is 3. The van der Waals surface area contributed by atoms with Gasteiger partial charge in [0.05, 0.1) is 0 Å². The van der Waals surface area contributed by atoms with Crippen LogP contribution in [0.15, 0.2) is 0 Å². The minimum atomic E-state index is -1.60. The predicted molar refractivity (Wildman–Crippen MR) is 38.7 cm³/mol. The summed E-state index contributed by atoms with van der Waals surface area (Å²) in [5, 5.41) is 0. The molecule has 0 rings (SSSR count). The highest BCUT2D eigenvalue weighted by Gasteiger charge is 2.04. The van der Waals surface area contributed by atoms with Crippen LogP contribution in [-0.4, -0.2) is 26.3 Å². The van der Waals surface area contributed by atoms with Gasteiger partial charge < -0.3 is 14.2 Å². The van der Waals surface area contributed by atoms with Gasteiger partial charge in [0.1, 0.15) is 1.37 Å². The molecule has 62 valence electrons. The molecule has 0 aromatic heterocycles. The summed E-state index contributed by atoms with van der Waals surface area (Å²) in [5.74, 6) is 0. The van der Waals surface area contributed by atoms with Gasteiger partial charge in [-0.25, -0.2) is 0 Å². The van der Waals surface area contributed by atoms with Crippen LogP contribution >= 0.6 is 0 Å². The second-order valence-corrected chi connectivity index (χ2v) is 1.55. The van der Waals surface area contributed by atoms with Gasteiger partial charge in [0.2, 0.25) is 0 Å². The fourth-order valence-electron chi connectivity index (χ4n) is 0.479. The third kappa shape index (κ3) is 4.73. The molecule has 0 amide bonds. The molecule has 0 bridgehead atoms. The summed E-state index contributed by atoms with van der Waals surface area (Å²) >= 11 is 0. The van der Waals surface area contributed by atoms with Crippen LogP contribution < -0.4 is 0 Å². The van der Waals surface area contributed by atoms with E-state index in [1.807, 2.05) is 0 Å². The summed E-state index contributed by atoms with van der Waals surface area (Å²) in [4.78, 5) is 0. The lowest BCUT2D eigenvalue weighted by Gasteiger charge is -2.15. The third-order valence-corrected chi connectivity index (χ3v) is 0.787. The van der Waals surface area contributed by atoms with Crippen LogP contribution in [0.25, 0.3) is 0 Å². The molecule has 0 aromatic rings. The van der Waals surface area contributed by atoms with Crippen molar-refractivity contribution in [2.24, 2.45) is 0 Å². The second kappa shape index (κ2) is 6.99.